The molecule has 0 heterocycles. The largest absolute Gasteiger partial charge is 0.370 e. The normalized spacial score (nSPS) is 28.4. The van der Waals surface area contributed by atoms with Crippen LogP contribution in [-0.2, 0) is 4.74 Å². The van der Waals surface area contributed by atoms with Crippen molar-refractivity contribution in [2.24, 2.45) is 5.73 Å². The van der Waals surface area contributed by atoms with Crippen LogP contribution in [0, 0.1) is 0 Å². The Morgan fingerprint density at radius 1 is 1.08 bits per heavy atom. The molecule has 76 valence electrons. The maximum Gasteiger partial charge on any atom is 0.0807 e. The highest BCUT2D eigenvalue weighted by molar-refractivity contribution is 4.89. The number of rotatable bonds is 3. The Bertz CT molecular complexity index is 157. The molecule has 2 fully saturated rings. The average molecular weight is 183 g/mol. The number of hydrogen-bond donors (Lipinski definition) is 1. The smallest absolute Gasteiger partial charge is 0.0807 e. The summed E-state index contributed by atoms with van der Waals surface area (Å²) in [5.74, 6) is 0. The van der Waals surface area contributed by atoms with Crippen LogP contribution >= 0.6 is 0 Å². The van der Waals surface area contributed by atoms with Crippen molar-refractivity contribution in [1.82, 2.24) is 0 Å². The quantitative estimate of drug-likeness (QED) is 0.728. The predicted molar refractivity (Wildman–Crippen MR) is 53.6 cm³/mol. The van der Waals surface area contributed by atoms with Gasteiger partial charge in [0, 0.05) is 6.54 Å². The molecule has 2 saturated carbocycles. The van der Waals surface area contributed by atoms with Gasteiger partial charge in [0.2, 0.25) is 0 Å². The summed E-state index contributed by atoms with van der Waals surface area (Å²) in [5, 5.41) is 0. The third kappa shape index (κ3) is 2.05. The molecular formula is C11H21NO. The highest BCUT2D eigenvalue weighted by Crippen LogP contribution is 2.36. The second-order valence-corrected chi connectivity index (χ2v) is 4.62. The fourth-order valence-electron chi connectivity index (χ4n) is 2.75. The van der Waals surface area contributed by atoms with Crippen molar-refractivity contribution in [3.05, 3.63) is 0 Å². The number of ether oxygens (including phenoxy) is 1. The zero-order chi connectivity index (χ0) is 9.15. The van der Waals surface area contributed by atoms with Gasteiger partial charge in [0.15, 0.2) is 0 Å². The molecule has 2 N–H and O–H groups in total. The van der Waals surface area contributed by atoms with Gasteiger partial charge < -0.3 is 10.5 Å². The van der Waals surface area contributed by atoms with E-state index in [0.29, 0.717) is 6.10 Å². The van der Waals surface area contributed by atoms with Crippen LogP contribution < -0.4 is 5.73 Å². The van der Waals surface area contributed by atoms with E-state index < -0.39 is 0 Å². The van der Waals surface area contributed by atoms with Crippen molar-refractivity contribution in [3.8, 4) is 0 Å². The molecule has 0 atom stereocenters. The summed E-state index contributed by atoms with van der Waals surface area (Å²) < 4.78 is 6.18. The van der Waals surface area contributed by atoms with Gasteiger partial charge in [-0.15, -0.1) is 0 Å². The lowest BCUT2D eigenvalue weighted by Gasteiger charge is -2.31. The van der Waals surface area contributed by atoms with Crippen molar-refractivity contribution >= 4 is 0 Å². The zero-order valence-electron chi connectivity index (χ0n) is 8.43. The first kappa shape index (κ1) is 9.47. The molecular weight excluding hydrogens is 162 g/mol. The van der Waals surface area contributed by atoms with Gasteiger partial charge >= 0.3 is 0 Å². The van der Waals surface area contributed by atoms with Crippen LogP contribution in [0.1, 0.15) is 51.4 Å². The van der Waals surface area contributed by atoms with Gasteiger partial charge in [0.05, 0.1) is 11.7 Å². The lowest BCUT2D eigenvalue weighted by molar-refractivity contribution is -0.0809. The van der Waals surface area contributed by atoms with Crippen molar-refractivity contribution in [2.75, 3.05) is 6.54 Å². The van der Waals surface area contributed by atoms with Gasteiger partial charge in [0.1, 0.15) is 0 Å². The Balaban J connectivity index is 1.88. The lowest BCUT2D eigenvalue weighted by atomic mass is 10.0. The Morgan fingerprint density at radius 3 is 2.23 bits per heavy atom. The van der Waals surface area contributed by atoms with Crippen molar-refractivity contribution in [3.63, 3.8) is 0 Å². The molecule has 2 aliphatic rings. The van der Waals surface area contributed by atoms with E-state index in [4.69, 9.17) is 10.5 Å². The van der Waals surface area contributed by atoms with Crippen molar-refractivity contribution in [2.45, 2.75) is 63.1 Å². The molecule has 2 heteroatoms. The van der Waals surface area contributed by atoms with E-state index in [-0.39, 0.29) is 5.60 Å². The van der Waals surface area contributed by atoms with Gasteiger partial charge in [-0.1, -0.05) is 25.7 Å². The van der Waals surface area contributed by atoms with E-state index in [9.17, 15) is 0 Å². The van der Waals surface area contributed by atoms with Crippen molar-refractivity contribution < 1.29 is 4.74 Å². The summed E-state index contributed by atoms with van der Waals surface area (Å²) in [4.78, 5) is 0. The minimum absolute atomic E-state index is 0.0784. The molecule has 2 nitrogen and oxygen atoms in total. The molecule has 0 bridgehead atoms. The van der Waals surface area contributed by atoms with Crippen molar-refractivity contribution in [1.29, 1.82) is 0 Å². The van der Waals surface area contributed by atoms with Crippen LogP contribution in [0.4, 0.5) is 0 Å². The average Bonchev–Trinajstić information content (AvgIpc) is 2.77. The third-order valence-electron chi connectivity index (χ3n) is 3.61. The first-order chi connectivity index (χ1) is 6.35. The van der Waals surface area contributed by atoms with Gasteiger partial charge in [-0.2, -0.15) is 0 Å². The summed E-state index contributed by atoms with van der Waals surface area (Å²) in [6, 6.07) is 0. The van der Waals surface area contributed by atoms with Gasteiger partial charge in [-0.25, -0.2) is 0 Å². The molecule has 0 aromatic rings. The van der Waals surface area contributed by atoms with Gasteiger partial charge in [-0.05, 0) is 25.7 Å². The second kappa shape index (κ2) is 3.97. The molecule has 0 aliphatic heterocycles. The van der Waals surface area contributed by atoms with Crippen LogP contribution in [0.3, 0.4) is 0 Å². The second-order valence-electron chi connectivity index (χ2n) is 4.62. The zero-order valence-corrected chi connectivity index (χ0v) is 8.43. The predicted octanol–water partition coefficient (Wildman–Crippen LogP) is 2.22. The summed E-state index contributed by atoms with van der Waals surface area (Å²) in [6.07, 6.45) is 10.8. The molecule has 0 amide bonds. The Kier molecular flexibility index (Phi) is 2.89. The first-order valence-corrected chi connectivity index (χ1v) is 5.73. The summed E-state index contributed by atoms with van der Waals surface area (Å²) in [7, 11) is 0. The topological polar surface area (TPSA) is 35.2 Å². The highest BCUT2D eigenvalue weighted by Gasteiger charge is 2.36. The number of nitrogens with two attached hydrogens (primary N) is 1. The summed E-state index contributed by atoms with van der Waals surface area (Å²) >= 11 is 0. The number of hydrogen-bond acceptors (Lipinski definition) is 2. The van der Waals surface area contributed by atoms with Crippen LogP contribution in [0.25, 0.3) is 0 Å². The molecule has 2 rings (SSSR count). The van der Waals surface area contributed by atoms with Crippen LogP contribution in [0.5, 0.6) is 0 Å². The molecule has 0 radical (unpaired) electrons. The van der Waals surface area contributed by atoms with Crippen LogP contribution in [-0.4, -0.2) is 18.2 Å². The molecule has 0 aromatic carbocycles. The standard InChI is InChI=1S/C11H21NO/c12-9-11(7-3-4-8-11)13-10-5-1-2-6-10/h10H,1-9,12H2. The molecule has 2 aliphatic carbocycles. The molecule has 0 saturated heterocycles. The fourth-order valence-corrected chi connectivity index (χ4v) is 2.75. The van der Waals surface area contributed by atoms with Crippen LogP contribution in [0.15, 0.2) is 0 Å². The van der Waals surface area contributed by atoms with E-state index >= 15 is 0 Å². The summed E-state index contributed by atoms with van der Waals surface area (Å²) in [6.45, 7) is 0.726. The Labute approximate surface area is 80.8 Å². The highest BCUT2D eigenvalue weighted by atomic mass is 16.5. The Morgan fingerprint density at radius 2 is 1.69 bits per heavy atom. The maximum atomic E-state index is 6.18. The van der Waals surface area contributed by atoms with E-state index in [1.54, 1.807) is 0 Å². The van der Waals surface area contributed by atoms with E-state index in [0.717, 1.165) is 6.54 Å². The van der Waals surface area contributed by atoms with Gasteiger partial charge in [-0.3, -0.25) is 0 Å². The lowest BCUT2D eigenvalue weighted by Crippen LogP contribution is -2.40. The minimum atomic E-state index is 0.0784. The monoisotopic (exact) mass is 183 g/mol. The molecule has 13 heavy (non-hydrogen) atoms. The minimum Gasteiger partial charge on any atom is -0.370 e. The van der Waals surface area contributed by atoms with E-state index in [1.807, 2.05) is 0 Å². The first-order valence-electron chi connectivity index (χ1n) is 5.73. The fraction of sp³-hybridized carbons (Fsp3) is 1.00. The molecule has 0 aromatic heterocycles. The Hall–Kier alpha value is -0.0800. The third-order valence-corrected chi connectivity index (χ3v) is 3.61. The summed E-state index contributed by atoms with van der Waals surface area (Å²) in [5.41, 5.74) is 5.90. The SMILES string of the molecule is NCC1(OC2CCCC2)CCCC1. The maximum absolute atomic E-state index is 6.18. The van der Waals surface area contributed by atoms with Gasteiger partial charge in [0.25, 0.3) is 0 Å². The molecule has 0 spiro atoms. The van der Waals surface area contributed by atoms with Crippen LogP contribution in [0.2, 0.25) is 0 Å². The van der Waals surface area contributed by atoms with E-state index in [1.165, 1.54) is 51.4 Å². The van der Waals surface area contributed by atoms with E-state index in [2.05, 4.69) is 0 Å². The molecule has 0 unspecified atom stereocenters.